The summed E-state index contributed by atoms with van der Waals surface area (Å²) >= 11 is 0. The molecule has 0 bridgehead atoms. The first kappa shape index (κ1) is 15.8. The molecule has 0 radical (unpaired) electrons. The Labute approximate surface area is 122 Å². The van der Waals surface area contributed by atoms with E-state index in [1.54, 1.807) is 0 Å². The van der Waals surface area contributed by atoms with E-state index in [2.05, 4.69) is 18.9 Å². The third kappa shape index (κ3) is 3.95. The molecule has 1 saturated heterocycles. The molecule has 0 aromatic heterocycles. The first-order valence-electron chi connectivity index (χ1n) is 8.01. The van der Waals surface area contributed by atoms with Gasteiger partial charge in [0.2, 0.25) is 0 Å². The number of rotatable bonds is 5. The maximum absolute atomic E-state index is 11.8. The van der Waals surface area contributed by atoms with Crippen molar-refractivity contribution >= 4 is 5.97 Å². The van der Waals surface area contributed by atoms with E-state index in [1.165, 1.54) is 0 Å². The summed E-state index contributed by atoms with van der Waals surface area (Å²) in [6.07, 6.45) is 6.00. The molecule has 1 heterocycles. The quantitative estimate of drug-likeness (QED) is 0.842. The van der Waals surface area contributed by atoms with Crippen LogP contribution in [0.5, 0.6) is 0 Å². The summed E-state index contributed by atoms with van der Waals surface area (Å²) in [5, 5.41) is 9.68. The number of nitrogens with zero attached hydrogens (tertiary/aromatic N) is 1. The van der Waals surface area contributed by atoms with Crippen LogP contribution in [-0.4, -0.2) is 49.3 Å². The summed E-state index contributed by atoms with van der Waals surface area (Å²) in [4.78, 5) is 14.0. The molecule has 4 nitrogen and oxygen atoms in total. The highest BCUT2D eigenvalue weighted by Crippen LogP contribution is 2.39. The number of aliphatic carboxylic acids is 1. The molecule has 1 aliphatic carbocycles. The second-order valence-electron chi connectivity index (χ2n) is 7.02. The van der Waals surface area contributed by atoms with E-state index in [1.807, 2.05) is 0 Å². The minimum atomic E-state index is -0.594. The summed E-state index contributed by atoms with van der Waals surface area (Å²) in [6, 6.07) is 0. The molecule has 0 unspecified atom stereocenters. The van der Waals surface area contributed by atoms with E-state index >= 15 is 0 Å². The molecule has 2 rings (SSSR count). The predicted molar refractivity (Wildman–Crippen MR) is 78.7 cm³/mol. The van der Waals surface area contributed by atoms with Crippen molar-refractivity contribution in [3.05, 3.63) is 0 Å². The van der Waals surface area contributed by atoms with Gasteiger partial charge < -0.3 is 14.7 Å². The van der Waals surface area contributed by atoms with Crippen LogP contribution in [0.2, 0.25) is 0 Å². The van der Waals surface area contributed by atoms with Crippen LogP contribution in [0.3, 0.4) is 0 Å². The van der Waals surface area contributed by atoms with Crippen molar-refractivity contribution in [2.45, 2.75) is 45.4 Å². The molecular weight excluding hydrogens is 254 g/mol. The van der Waals surface area contributed by atoms with E-state index in [0.29, 0.717) is 18.4 Å². The van der Waals surface area contributed by atoms with Crippen molar-refractivity contribution in [2.75, 3.05) is 33.4 Å². The molecule has 116 valence electrons. The number of carbonyl (C=O) groups is 1. The van der Waals surface area contributed by atoms with E-state index in [4.69, 9.17) is 4.74 Å². The van der Waals surface area contributed by atoms with Crippen LogP contribution in [0.1, 0.15) is 45.4 Å². The summed E-state index contributed by atoms with van der Waals surface area (Å²) in [7, 11) is 2.08. The van der Waals surface area contributed by atoms with E-state index in [9.17, 15) is 9.90 Å². The minimum absolute atomic E-state index is 0.508. The highest BCUT2D eigenvalue weighted by molar-refractivity contribution is 5.75. The van der Waals surface area contributed by atoms with Crippen molar-refractivity contribution in [1.82, 2.24) is 4.90 Å². The van der Waals surface area contributed by atoms with Gasteiger partial charge in [0.25, 0.3) is 0 Å². The van der Waals surface area contributed by atoms with Gasteiger partial charge in [-0.3, -0.25) is 4.79 Å². The van der Waals surface area contributed by atoms with Gasteiger partial charge >= 0.3 is 5.97 Å². The highest BCUT2D eigenvalue weighted by Gasteiger charge is 2.42. The first-order valence-corrected chi connectivity index (χ1v) is 8.01. The molecule has 1 saturated carbocycles. The molecule has 0 spiro atoms. The standard InChI is InChI=1S/C16H29NO3/c1-13-3-7-16(8-4-13,15(18)19)12-17(2)11-14-5-9-20-10-6-14/h13-14H,3-12H2,1-2H3,(H,18,19). The molecule has 20 heavy (non-hydrogen) atoms. The number of carboxylic acid groups (broad SMARTS) is 1. The fraction of sp³-hybridized carbons (Fsp3) is 0.938. The molecule has 0 aromatic rings. The van der Waals surface area contributed by atoms with E-state index < -0.39 is 11.4 Å². The Balaban J connectivity index is 1.88. The van der Waals surface area contributed by atoms with Crippen LogP contribution in [0.25, 0.3) is 0 Å². The minimum Gasteiger partial charge on any atom is -0.481 e. The summed E-state index contributed by atoms with van der Waals surface area (Å²) in [6.45, 7) is 5.66. The first-order chi connectivity index (χ1) is 9.52. The normalized spacial score (nSPS) is 32.5. The molecule has 0 aromatic carbocycles. The summed E-state index contributed by atoms with van der Waals surface area (Å²) < 4.78 is 5.39. The second kappa shape index (κ2) is 6.90. The van der Waals surface area contributed by atoms with Gasteiger partial charge in [-0.1, -0.05) is 6.92 Å². The van der Waals surface area contributed by atoms with Crippen LogP contribution in [0.4, 0.5) is 0 Å². The van der Waals surface area contributed by atoms with Crippen LogP contribution < -0.4 is 0 Å². The number of carboxylic acids is 1. The Kier molecular flexibility index (Phi) is 5.44. The summed E-state index contributed by atoms with van der Waals surface area (Å²) in [5.41, 5.74) is -0.508. The van der Waals surface area contributed by atoms with Crippen LogP contribution in [0, 0.1) is 17.3 Å². The maximum Gasteiger partial charge on any atom is 0.310 e. The fourth-order valence-electron chi connectivity index (χ4n) is 3.71. The lowest BCUT2D eigenvalue weighted by atomic mass is 9.70. The Bertz CT molecular complexity index is 318. The molecule has 0 amide bonds. The van der Waals surface area contributed by atoms with E-state index in [0.717, 1.165) is 58.3 Å². The molecule has 2 fully saturated rings. The maximum atomic E-state index is 11.8. The monoisotopic (exact) mass is 283 g/mol. The number of hydrogen-bond donors (Lipinski definition) is 1. The lowest BCUT2D eigenvalue weighted by Crippen LogP contribution is -2.45. The smallest absolute Gasteiger partial charge is 0.310 e. The van der Waals surface area contributed by atoms with Gasteiger partial charge in [0, 0.05) is 26.3 Å². The third-order valence-corrected chi connectivity index (χ3v) is 5.17. The van der Waals surface area contributed by atoms with Crippen molar-refractivity contribution in [3.63, 3.8) is 0 Å². The van der Waals surface area contributed by atoms with Gasteiger partial charge in [-0.25, -0.2) is 0 Å². The Morgan fingerprint density at radius 3 is 2.40 bits per heavy atom. The van der Waals surface area contributed by atoms with Crippen molar-refractivity contribution < 1.29 is 14.6 Å². The lowest BCUT2D eigenvalue weighted by Gasteiger charge is -2.39. The zero-order chi connectivity index (χ0) is 14.6. The fourth-order valence-corrected chi connectivity index (χ4v) is 3.71. The van der Waals surface area contributed by atoms with Crippen LogP contribution >= 0.6 is 0 Å². The van der Waals surface area contributed by atoms with Gasteiger partial charge in [-0.05, 0) is 57.4 Å². The summed E-state index contributed by atoms with van der Waals surface area (Å²) in [5.74, 6) is 0.758. The predicted octanol–water partition coefficient (Wildman–Crippen LogP) is 2.63. The highest BCUT2D eigenvalue weighted by atomic mass is 16.5. The average Bonchev–Trinajstić information content (AvgIpc) is 2.42. The van der Waals surface area contributed by atoms with Gasteiger partial charge in [0.1, 0.15) is 0 Å². The Morgan fingerprint density at radius 2 is 1.85 bits per heavy atom. The largest absolute Gasteiger partial charge is 0.481 e. The topological polar surface area (TPSA) is 49.8 Å². The molecule has 1 N–H and O–H groups in total. The van der Waals surface area contributed by atoms with Crippen molar-refractivity contribution in [1.29, 1.82) is 0 Å². The van der Waals surface area contributed by atoms with Gasteiger partial charge in [0.15, 0.2) is 0 Å². The lowest BCUT2D eigenvalue weighted by molar-refractivity contribution is -0.153. The van der Waals surface area contributed by atoms with Crippen LogP contribution in [0.15, 0.2) is 0 Å². The molecule has 2 aliphatic rings. The third-order valence-electron chi connectivity index (χ3n) is 5.17. The number of ether oxygens (including phenoxy) is 1. The van der Waals surface area contributed by atoms with Crippen LogP contribution in [-0.2, 0) is 9.53 Å². The zero-order valence-corrected chi connectivity index (χ0v) is 12.9. The molecule has 1 aliphatic heterocycles. The zero-order valence-electron chi connectivity index (χ0n) is 12.9. The van der Waals surface area contributed by atoms with Gasteiger partial charge in [-0.2, -0.15) is 0 Å². The molecule has 0 atom stereocenters. The number of hydrogen-bond acceptors (Lipinski definition) is 3. The van der Waals surface area contributed by atoms with Gasteiger partial charge in [-0.15, -0.1) is 0 Å². The van der Waals surface area contributed by atoms with Crippen molar-refractivity contribution in [3.8, 4) is 0 Å². The second-order valence-corrected chi connectivity index (χ2v) is 7.02. The van der Waals surface area contributed by atoms with Gasteiger partial charge in [0.05, 0.1) is 5.41 Å². The van der Waals surface area contributed by atoms with Crippen molar-refractivity contribution in [2.24, 2.45) is 17.3 Å². The average molecular weight is 283 g/mol. The Morgan fingerprint density at radius 1 is 1.25 bits per heavy atom. The molecular formula is C16H29NO3. The molecule has 4 heteroatoms. The van der Waals surface area contributed by atoms with E-state index in [-0.39, 0.29) is 0 Å². The Hall–Kier alpha value is -0.610. The SMILES string of the molecule is CC1CCC(CN(C)CC2CCOCC2)(C(=O)O)CC1.